The molecule has 1 aromatic heterocycles. The van der Waals surface area contributed by atoms with Crippen LogP contribution in [-0.2, 0) is 14.3 Å². The third-order valence-electron chi connectivity index (χ3n) is 3.10. The lowest BCUT2D eigenvalue weighted by atomic mass is 10.3. The molecule has 0 bridgehead atoms. The Morgan fingerprint density at radius 1 is 1.16 bits per heavy atom. The van der Waals surface area contributed by atoms with Crippen LogP contribution in [0.15, 0.2) is 58.2 Å². The van der Waals surface area contributed by atoms with Crippen molar-refractivity contribution in [1.29, 1.82) is 0 Å². The first kappa shape index (κ1) is 17.7. The number of anilines is 1. The molecular formula is C17H13IN2O4S. The number of aromatic nitrogens is 1. The number of amides is 1. The van der Waals surface area contributed by atoms with Gasteiger partial charge < -0.3 is 14.5 Å². The Bertz CT molecular complexity index is 879. The van der Waals surface area contributed by atoms with Crippen molar-refractivity contribution in [2.75, 3.05) is 17.7 Å². The molecule has 0 atom stereocenters. The minimum atomic E-state index is -0.509. The number of nitrogens with zero attached hydrogens (tertiary/aromatic N) is 1. The summed E-state index contributed by atoms with van der Waals surface area (Å²) in [6.45, 7) is -0.335. The van der Waals surface area contributed by atoms with Gasteiger partial charge in [-0.3, -0.25) is 9.59 Å². The second kappa shape index (κ2) is 8.34. The first-order valence-corrected chi connectivity index (χ1v) is 9.36. The van der Waals surface area contributed by atoms with E-state index in [0.29, 0.717) is 16.5 Å². The van der Waals surface area contributed by atoms with Gasteiger partial charge in [-0.2, -0.15) is 0 Å². The quantitative estimate of drug-likeness (QED) is 0.338. The summed E-state index contributed by atoms with van der Waals surface area (Å²) in [7, 11) is 0. The average molecular weight is 468 g/mol. The summed E-state index contributed by atoms with van der Waals surface area (Å²) in [5.41, 5.74) is 2.08. The number of hydrogen-bond acceptors (Lipinski definition) is 6. The second-order valence-electron chi connectivity index (χ2n) is 4.92. The normalized spacial score (nSPS) is 10.6. The zero-order valence-electron chi connectivity index (χ0n) is 12.9. The number of carbonyl (C=O) groups is 2. The van der Waals surface area contributed by atoms with Crippen LogP contribution in [-0.4, -0.2) is 29.2 Å². The molecule has 25 heavy (non-hydrogen) atoms. The molecule has 0 aliphatic heterocycles. The van der Waals surface area contributed by atoms with Crippen LogP contribution < -0.4 is 5.32 Å². The van der Waals surface area contributed by atoms with E-state index in [9.17, 15) is 9.59 Å². The molecule has 3 aromatic rings. The van der Waals surface area contributed by atoms with Crippen molar-refractivity contribution in [3.63, 3.8) is 0 Å². The van der Waals surface area contributed by atoms with Crippen LogP contribution >= 0.6 is 34.4 Å². The molecule has 1 amide bonds. The molecule has 2 aromatic carbocycles. The summed E-state index contributed by atoms with van der Waals surface area (Å²) in [5.74, 6) is -0.877. The maximum Gasteiger partial charge on any atom is 0.316 e. The molecule has 0 saturated carbocycles. The molecule has 1 heterocycles. The van der Waals surface area contributed by atoms with E-state index in [0.717, 1.165) is 20.8 Å². The number of fused-ring (bicyclic) bond motifs is 1. The molecule has 0 unspecified atom stereocenters. The standard InChI is InChI=1S/C17H13IN2O4S/c18-11-5-1-2-6-12(11)19-15(21)9-23-16(22)10-25-17-20-13-7-3-4-8-14(13)24-17/h1-8H,9-10H2,(H,19,21). The molecule has 0 saturated heterocycles. The molecule has 0 fully saturated rings. The minimum Gasteiger partial charge on any atom is -0.455 e. The van der Waals surface area contributed by atoms with E-state index in [4.69, 9.17) is 9.15 Å². The van der Waals surface area contributed by atoms with Gasteiger partial charge in [0.2, 0.25) is 0 Å². The Labute approximate surface area is 161 Å². The average Bonchev–Trinajstić information content (AvgIpc) is 3.03. The Kier molecular flexibility index (Phi) is 5.92. The summed E-state index contributed by atoms with van der Waals surface area (Å²) < 4.78 is 11.4. The van der Waals surface area contributed by atoms with Gasteiger partial charge in [-0.05, 0) is 46.9 Å². The summed E-state index contributed by atoms with van der Waals surface area (Å²) in [5, 5.41) is 3.09. The highest BCUT2D eigenvalue weighted by molar-refractivity contribution is 14.1. The minimum absolute atomic E-state index is 0.0168. The van der Waals surface area contributed by atoms with Crippen molar-refractivity contribution in [2.45, 2.75) is 5.22 Å². The number of esters is 1. The maximum absolute atomic E-state index is 11.8. The van der Waals surface area contributed by atoms with Gasteiger partial charge in [0.15, 0.2) is 12.2 Å². The molecule has 128 valence electrons. The third kappa shape index (κ3) is 4.95. The van der Waals surface area contributed by atoms with E-state index in [1.807, 2.05) is 36.4 Å². The SMILES string of the molecule is O=C(COC(=O)CSc1nc2ccccc2o1)Nc1ccccc1I. The third-order valence-corrected chi connectivity index (χ3v) is 4.84. The number of halogens is 1. The van der Waals surface area contributed by atoms with Crippen LogP contribution in [0.2, 0.25) is 0 Å². The van der Waals surface area contributed by atoms with E-state index in [-0.39, 0.29) is 18.3 Å². The zero-order chi connectivity index (χ0) is 17.6. The number of ether oxygens (including phenoxy) is 1. The Balaban J connectivity index is 1.44. The molecule has 1 N–H and O–H groups in total. The lowest BCUT2D eigenvalue weighted by molar-refractivity contribution is -0.144. The van der Waals surface area contributed by atoms with E-state index in [1.165, 1.54) is 0 Å². The highest BCUT2D eigenvalue weighted by Gasteiger charge is 2.12. The molecule has 0 aliphatic rings. The van der Waals surface area contributed by atoms with E-state index < -0.39 is 5.97 Å². The predicted octanol–water partition coefficient (Wildman–Crippen LogP) is 3.71. The van der Waals surface area contributed by atoms with Gasteiger partial charge in [0, 0.05) is 3.57 Å². The van der Waals surface area contributed by atoms with Crippen molar-refractivity contribution < 1.29 is 18.7 Å². The molecule has 0 radical (unpaired) electrons. The molecule has 6 nitrogen and oxygen atoms in total. The fraction of sp³-hybridized carbons (Fsp3) is 0.118. The number of carbonyl (C=O) groups excluding carboxylic acids is 2. The number of oxazole rings is 1. The number of hydrogen-bond donors (Lipinski definition) is 1. The second-order valence-corrected chi connectivity index (χ2v) is 7.01. The monoisotopic (exact) mass is 468 g/mol. The highest BCUT2D eigenvalue weighted by Crippen LogP contribution is 2.23. The number of rotatable bonds is 6. The molecular weight excluding hydrogens is 455 g/mol. The van der Waals surface area contributed by atoms with Crippen molar-refractivity contribution in [1.82, 2.24) is 4.98 Å². The van der Waals surface area contributed by atoms with Crippen molar-refractivity contribution in [2.24, 2.45) is 0 Å². The first-order chi connectivity index (χ1) is 12.1. The van der Waals surface area contributed by atoms with E-state index >= 15 is 0 Å². The Morgan fingerprint density at radius 3 is 2.72 bits per heavy atom. The zero-order valence-corrected chi connectivity index (χ0v) is 15.9. The van der Waals surface area contributed by atoms with Crippen LogP contribution in [0.3, 0.4) is 0 Å². The van der Waals surface area contributed by atoms with Crippen LogP contribution in [0.4, 0.5) is 5.69 Å². The lowest BCUT2D eigenvalue weighted by Crippen LogP contribution is -2.22. The van der Waals surface area contributed by atoms with Crippen LogP contribution in [0.1, 0.15) is 0 Å². The molecule has 8 heteroatoms. The van der Waals surface area contributed by atoms with Gasteiger partial charge in [-0.1, -0.05) is 36.0 Å². The van der Waals surface area contributed by atoms with Crippen molar-refractivity contribution in [3.8, 4) is 0 Å². The van der Waals surface area contributed by atoms with E-state index in [2.05, 4.69) is 32.9 Å². The predicted molar refractivity (Wildman–Crippen MR) is 103 cm³/mol. The van der Waals surface area contributed by atoms with Gasteiger partial charge in [0.1, 0.15) is 11.3 Å². The summed E-state index contributed by atoms with van der Waals surface area (Å²) in [6, 6.07) is 14.7. The molecule has 0 spiro atoms. The van der Waals surface area contributed by atoms with Gasteiger partial charge in [0.05, 0.1) is 5.69 Å². The fourth-order valence-corrected chi connectivity index (χ4v) is 3.13. The van der Waals surface area contributed by atoms with Crippen molar-refractivity contribution in [3.05, 3.63) is 52.1 Å². The van der Waals surface area contributed by atoms with Crippen LogP contribution in [0, 0.1) is 3.57 Å². The highest BCUT2D eigenvalue weighted by atomic mass is 127. The number of benzene rings is 2. The van der Waals surface area contributed by atoms with Crippen molar-refractivity contribution >= 4 is 63.0 Å². The van der Waals surface area contributed by atoms with Gasteiger partial charge >= 0.3 is 5.97 Å². The maximum atomic E-state index is 11.8. The van der Waals surface area contributed by atoms with Crippen LogP contribution in [0.25, 0.3) is 11.1 Å². The number of para-hydroxylation sites is 3. The number of nitrogens with one attached hydrogen (secondary N) is 1. The van der Waals surface area contributed by atoms with Crippen LogP contribution in [0.5, 0.6) is 0 Å². The molecule has 3 rings (SSSR count). The Morgan fingerprint density at radius 2 is 1.92 bits per heavy atom. The summed E-state index contributed by atoms with van der Waals surface area (Å²) in [4.78, 5) is 27.8. The van der Waals surface area contributed by atoms with Gasteiger partial charge in [-0.25, -0.2) is 4.98 Å². The number of thioether (sulfide) groups is 1. The summed E-state index contributed by atoms with van der Waals surface area (Å²) in [6.07, 6.45) is 0. The Hall–Kier alpha value is -2.07. The fourth-order valence-electron chi connectivity index (χ4n) is 1.97. The topological polar surface area (TPSA) is 81.4 Å². The van der Waals surface area contributed by atoms with Gasteiger partial charge in [-0.15, -0.1) is 0 Å². The van der Waals surface area contributed by atoms with E-state index in [1.54, 1.807) is 12.1 Å². The smallest absolute Gasteiger partial charge is 0.316 e. The molecule has 0 aliphatic carbocycles. The first-order valence-electron chi connectivity index (χ1n) is 7.30. The summed E-state index contributed by atoms with van der Waals surface area (Å²) >= 11 is 3.24. The largest absolute Gasteiger partial charge is 0.455 e. The van der Waals surface area contributed by atoms with Gasteiger partial charge in [0.25, 0.3) is 11.1 Å². The lowest BCUT2D eigenvalue weighted by Gasteiger charge is -2.07.